The number of hydrogen-bond acceptors (Lipinski definition) is 5. The van der Waals surface area contributed by atoms with Gasteiger partial charge in [-0.1, -0.05) is 32.1 Å². The Hall–Kier alpha value is -1.34. The summed E-state index contributed by atoms with van der Waals surface area (Å²) >= 11 is 0. The second kappa shape index (κ2) is 8.35. The second-order valence-electron chi connectivity index (χ2n) is 9.16. The number of nitrogens with zero attached hydrogens (tertiary/aromatic N) is 2. The standard InChI is InChI=1S/C20H36N2O5/c1-19(2,3)27-18(24)22-15(13-14-11-9-8-10-12-14)16(26-20(22,4)5)17(23)21(6)25-7/h14-16H,8-13H2,1-7H3/t15-,16+/m0/s1. The molecular weight excluding hydrogens is 348 g/mol. The number of ether oxygens (including phenoxy) is 2. The molecule has 2 amide bonds. The van der Waals surface area contributed by atoms with Gasteiger partial charge in [0.2, 0.25) is 0 Å². The lowest BCUT2D eigenvalue weighted by Crippen LogP contribution is -2.52. The number of amides is 2. The normalized spacial score (nSPS) is 26.1. The molecule has 156 valence electrons. The average molecular weight is 385 g/mol. The van der Waals surface area contributed by atoms with Gasteiger partial charge in [0.05, 0.1) is 13.2 Å². The molecule has 0 spiro atoms. The molecule has 27 heavy (non-hydrogen) atoms. The zero-order chi connectivity index (χ0) is 20.4. The molecule has 7 nitrogen and oxygen atoms in total. The van der Waals surface area contributed by atoms with Crippen molar-refractivity contribution in [1.29, 1.82) is 0 Å². The number of carbonyl (C=O) groups excluding carboxylic acids is 2. The van der Waals surface area contributed by atoms with Crippen LogP contribution >= 0.6 is 0 Å². The first-order valence-corrected chi connectivity index (χ1v) is 9.98. The van der Waals surface area contributed by atoms with Gasteiger partial charge in [0.15, 0.2) is 6.10 Å². The van der Waals surface area contributed by atoms with Crippen molar-refractivity contribution in [2.75, 3.05) is 14.2 Å². The summed E-state index contributed by atoms with van der Waals surface area (Å²) in [7, 11) is 3.01. The van der Waals surface area contributed by atoms with Crippen LogP contribution in [0, 0.1) is 5.92 Å². The van der Waals surface area contributed by atoms with Gasteiger partial charge >= 0.3 is 6.09 Å². The van der Waals surface area contributed by atoms with E-state index in [1.807, 2.05) is 34.6 Å². The van der Waals surface area contributed by atoms with Gasteiger partial charge in [-0.05, 0) is 47.0 Å². The van der Waals surface area contributed by atoms with Crippen LogP contribution in [0.25, 0.3) is 0 Å². The Morgan fingerprint density at radius 3 is 2.30 bits per heavy atom. The Labute approximate surface area is 163 Å². The molecule has 0 aromatic carbocycles. The first-order chi connectivity index (χ1) is 12.5. The molecule has 1 heterocycles. The molecule has 2 fully saturated rings. The molecule has 1 aliphatic carbocycles. The summed E-state index contributed by atoms with van der Waals surface area (Å²) in [6.45, 7) is 9.14. The molecule has 0 bridgehead atoms. The van der Waals surface area contributed by atoms with Crippen LogP contribution < -0.4 is 0 Å². The molecule has 1 aliphatic heterocycles. The van der Waals surface area contributed by atoms with Crippen molar-refractivity contribution < 1.29 is 23.9 Å². The van der Waals surface area contributed by atoms with Gasteiger partial charge in [0, 0.05) is 7.05 Å². The summed E-state index contributed by atoms with van der Waals surface area (Å²) in [5.74, 6) is 0.201. The molecular formula is C20H36N2O5. The Kier molecular flexibility index (Phi) is 6.79. The third-order valence-corrected chi connectivity index (χ3v) is 5.39. The Morgan fingerprint density at radius 1 is 1.19 bits per heavy atom. The van der Waals surface area contributed by atoms with Crippen molar-refractivity contribution in [1.82, 2.24) is 9.96 Å². The highest BCUT2D eigenvalue weighted by Crippen LogP contribution is 2.39. The van der Waals surface area contributed by atoms with Gasteiger partial charge in [-0.2, -0.15) is 0 Å². The van der Waals surface area contributed by atoms with Crippen LogP contribution in [0.1, 0.15) is 73.1 Å². The molecule has 0 radical (unpaired) electrons. The Balaban J connectivity index is 2.30. The molecule has 1 saturated carbocycles. The number of hydroxylamine groups is 2. The van der Waals surface area contributed by atoms with E-state index in [9.17, 15) is 9.59 Å². The minimum absolute atomic E-state index is 0.280. The van der Waals surface area contributed by atoms with E-state index in [2.05, 4.69) is 0 Å². The largest absolute Gasteiger partial charge is 0.444 e. The van der Waals surface area contributed by atoms with Crippen LogP contribution in [0.4, 0.5) is 4.79 Å². The second-order valence-corrected chi connectivity index (χ2v) is 9.16. The fraction of sp³-hybridized carbons (Fsp3) is 0.900. The Bertz CT molecular complexity index is 537. The van der Waals surface area contributed by atoms with Crippen molar-refractivity contribution in [2.45, 2.75) is 96.6 Å². The predicted octanol–water partition coefficient (Wildman–Crippen LogP) is 3.72. The molecule has 2 atom stereocenters. The third-order valence-electron chi connectivity index (χ3n) is 5.39. The van der Waals surface area contributed by atoms with Gasteiger partial charge in [-0.25, -0.2) is 9.86 Å². The van der Waals surface area contributed by atoms with Crippen LogP contribution in [-0.4, -0.2) is 59.6 Å². The molecule has 2 rings (SSSR count). The van der Waals surface area contributed by atoms with E-state index in [-0.39, 0.29) is 11.9 Å². The van der Waals surface area contributed by atoms with Gasteiger partial charge in [-0.3, -0.25) is 14.5 Å². The number of likely N-dealkylation sites (N-methyl/N-ethyl adjacent to an activating group) is 1. The number of hydrogen-bond donors (Lipinski definition) is 0. The van der Waals surface area contributed by atoms with Crippen LogP contribution in [0.2, 0.25) is 0 Å². The first kappa shape index (κ1) is 22.0. The van der Waals surface area contributed by atoms with Crippen molar-refractivity contribution in [3.63, 3.8) is 0 Å². The van der Waals surface area contributed by atoms with Gasteiger partial charge in [0.1, 0.15) is 11.3 Å². The molecule has 7 heteroatoms. The summed E-state index contributed by atoms with van der Waals surface area (Å²) in [6, 6.07) is -0.372. The van der Waals surface area contributed by atoms with Crippen molar-refractivity contribution >= 4 is 12.0 Å². The monoisotopic (exact) mass is 384 g/mol. The van der Waals surface area contributed by atoms with Crippen LogP contribution in [0.5, 0.6) is 0 Å². The highest BCUT2D eigenvalue weighted by Gasteiger charge is 2.54. The van der Waals surface area contributed by atoms with Gasteiger partial charge in [0.25, 0.3) is 5.91 Å². The summed E-state index contributed by atoms with van der Waals surface area (Å²) in [5.41, 5.74) is -1.55. The van der Waals surface area contributed by atoms with Crippen molar-refractivity contribution in [3.05, 3.63) is 0 Å². The predicted molar refractivity (Wildman–Crippen MR) is 102 cm³/mol. The van der Waals surface area contributed by atoms with Gasteiger partial charge < -0.3 is 9.47 Å². The maximum atomic E-state index is 13.0. The summed E-state index contributed by atoms with van der Waals surface area (Å²) < 4.78 is 11.7. The average Bonchev–Trinajstić information content (AvgIpc) is 2.83. The van der Waals surface area contributed by atoms with Crippen molar-refractivity contribution in [2.24, 2.45) is 5.92 Å². The van der Waals surface area contributed by atoms with E-state index >= 15 is 0 Å². The van der Waals surface area contributed by atoms with Crippen LogP contribution in [-0.2, 0) is 19.1 Å². The molecule has 0 aromatic heterocycles. The smallest absolute Gasteiger partial charge is 0.412 e. The molecule has 0 N–H and O–H groups in total. The van der Waals surface area contributed by atoms with Crippen LogP contribution in [0.3, 0.4) is 0 Å². The molecule has 2 aliphatic rings. The van der Waals surface area contributed by atoms with E-state index in [1.54, 1.807) is 11.9 Å². The minimum atomic E-state index is -0.934. The molecule has 0 aromatic rings. The Morgan fingerprint density at radius 2 is 1.78 bits per heavy atom. The maximum Gasteiger partial charge on any atom is 0.412 e. The molecule has 0 unspecified atom stereocenters. The van der Waals surface area contributed by atoms with Crippen LogP contribution in [0.15, 0.2) is 0 Å². The zero-order valence-corrected chi connectivity index (χ0v) is 17.9. The lowest BCUT2D eigenvalue weighted by molar-refractivity contribution is -0.184. The van der Waals surface area contributed by atoms with E-state index < -0.39 is 23.5 Å². The quantitative estimate of drug-likeness (QED) is 0.691. The molecule has 1 saturated heterocycles. The number of carbonyl (C=O) groups is 2. The highest BCUT2D eigenvalue weighted by atomic mass is 16.7. The lowest BCUT2D eigenvalue weighted by Gasteiger charge is -2.36. The van der Waals surface area contributed by atoms with Gasteiger partial charge in [-0.15, -0.1) is 0 Å². The minimum Gasteiger partial charge on any atom is -0.444 e. The maximum absolute atomic E-state index is 13.0. The fourth-order valence-corrected chi connectivity index (χ4v) is 4.12. The van der Waals surface area contributed by atoms with E-state index in [1.165, 1.54) is 31.4 Å². The SMILES string of the molecule is CON(C)C(=O)[C@@H]1OC(C)(C)N(C(=O)OC(C)(C)C)[C@H]1CC1CCCCC1. The highest BCUT2D eigenvalue weighted by molar-refractivity contribution is 5.82. The lowest BCUT2D eigenvalue weighted by atomic mass is 9.83. The third kappa shape index (κ3) is 5.35. The summed E-state index contributed by atoms with van der Waals surface area (Å²) in [6.07, 6.45) is 5.43. The topological polar surface area (TPSA) is 68.3 Å². The number of rotatable bonds is 4. The van der Waals surface area contributed by atoms with Crippen molar-refractivity contribution in [3.8, 4) is 0 Å². The van der Waals surface area contributed by atoms with E-state index in [4.69, 9.17) is 14.3 Å². The summed E-state index contributed by atoms with van der Waals surface area (Å²) in [5, 5.41) is 1.17. The summed E-state index contributed by atoms with van der Waals surface area (Å²) in [4.78, 5) is 32.6. The zero-order valence-electron chi connectivity index (χ0n) is 17.9. The van der Waals surface area contributed by atoms with E-state index in [0.29, 0.717) is 5.92 Å². The van der Waals surface area contributed by atoms with E-state index in [0.717, 1.165) is 19.3 Å². The first-order valence-electron chi connectivity index (χ1n) is 9.98. The fourth-order valence-electron chi connectivity index (χ4n) is 4.12.